The first-order chi connectivity index (χ1) is 31.0. The molecule has 6 heteroatoms. The SMILES string of the molecule is CCC/C=C\C/C=C\CCCCCCCC(=O)OC(COC(=O)CCCCCCC/C=C\CCCC)COC(=O)CCCCCCCC/C=C\C/C=C\C/C=C\CCCCCCC. The van der Waals surface area contributed by atoms with Crippen LogP contribution in [0.25, 0.3) is 0 Å². The number of rotatable bonds is 47. The normalized spacial score (nSPS) is 12.6. The Bertz CT molecular complexity index is 1190. The fourth-order valence-electron chi connectivity index (χ4n) is 7.11. The van der Waals surface area contributed by atoms with E-state index in [0.29, 0.717) is 19.3 Å². The Kier molecular flexibility index (Phi) is 48.9. The van der Waals surface area contributed by atoms with Gasteiger partial charge in [-0.25, -0.2) is 0 Å². The van der Waals surface area contributed by atoms with Crippen molar-refractivity contribution in [2.75, 3.05) is 13.2 Å². The standard InChI is InChI=1S/C57H98O6/c1-4-7-10-13-16-19-22-24-25-26-27-28-29-30-31-33-35-38-41-44-47-50-56(59)62-53-54(52-61-55(58)49-46-43-40-37-34-21-18-15-12-9-6-3)63-57(60)51-48-45-42-39-36-32-23-20-17-14-11-8-5-2/h11,14-15,18,20,22-24,26-27,29-30,54H,4-10,12-13,16-17,19,21,25,28,31-53H2,1-3H3/b14-11-,18-15-,23-20-,24-22-,27-26-,30-29-. The molecule has 0 heterocycles. The van der Waals surface area contributed by atoms with Gasteiger partial charge < -0.3 is 14.2 Å². The first kappa shape index (κ1) is 59.9. The van der Waals surface area contributed by atoms with E-state index >= 15 is 0 Å². The Labute approximate surface area is 389 Å². The van der Waals surface area contributed by atoms with Crippen LogP contribution in [0.5, 0.6) is 0 Å². The Balaban J connectivity index is 4.36. The molecular formula is C57H98O6. The van der Waals surface area contributed by atoms with E-state index in [1.165, 1.54) is 96.3 Å². The first-order valence-electron chi connectivity index (χ1n) is 26.4. The molecule has 1 atom stereocenters. The van der Waals surface area contributed by atoms with Crippen LogP contribution >= 0.6 is 0 Å². The highest BCUT2D eigenvalue weighted by Crippen LogP contribution is 2.14. The van der Waals surface area contributed by atoms with E-state index in [1.807, 2.05) is 0 Å². The summed E-state index contributed by atoms with van der Waals surface area (Å²) in [6.07, 6.45) is 64.6. The molecule has 1 unspecified atom stereocenters. The van der Waals surface area contributed by atoms with Gasteiger partial charge in [0.2, 0.25) is 0 Å². The first-order valence-corrected chi connectivity index (χ1v) is 26.4. The number of hydrogen-bond acceptors (Lipinski definition) is 6. The third kappa shape index (κ3) is 49.7. The van der Waals surface area contributed by atoms with Crippen molar-refractivity contribution in [3.05, 3.63) is 72.9 Å². The van der Waals surface area contributed by atoms with Gasteiger partial charge >= 0.3 is 17.9 Å². The predicted molar refractivity (Wildman–Crippen MR) is 270 cm³/mol. The zero-order chi connectivity index (χ0) is 45.8. The molecule has 0 saturated carbocycles. The lowest BCUT2D eigenvalue weighted by molar-refractivity contribution is -0.167. The summed E-state index contributed by atoms with van der Waals surface area (Å²) >= 11 is 0. The molecular weight excluding hydrogens is 781 g/mol. The molecule has 0 aliphatic heterocycles. The third-order valence-corrected chi connectivity index (χ3v) is 11.1. The average Bonchev–Trinajstić information content (AvgIpc) is 3.28. The Hall–Kier alpha value is -3.15. The van der Waals surface area contributed by atoms with Crippen molar-refractivity contribution < 1.29 is 28.6 Å². The van der Waals surface area contributed by atoms with Crippen LogP contribution in [0.3, 0.4) is 0 Å². The molecule has 362 valence electrons. The fraction of sp³-hybridized carbons (Fsp3) is 0.737. The summed E-state index contributed by atoms with van der Waals surface area (Å²) < 4.78 is 16.8. The summed E-state index contributed by atoms with van der Waals surface area (Å²) in [5.74, 6) is -0.926. The minimum Gasteiger partial charge on any atom is -0.462 e. The average molecular weight is 879 g/mol. The summed E-state index contributed by atoms with van der Waals surface area (Å²) in [4.78, 5) is 37.9. The van der Waals surface area contributed by atoms with Gasteiger partial charge in [-0.05, 0) is 103 Å². The molecule has 0 rings (SSSR count). The molecule has 0 aromatic rings. The molecule has 0 amide bonds. The molecule has 0 spiro atoms. The second-order valence-corrected chi connectivity index (χ2v) is 17.4. The largest absolute Gasteiger partial charge is 0.462 e. The van der Waals surface area contributed by atoms with Crippen molar-refractivity contribution in [2.24, 2.45) is 0 Å². The lowest BCUT2D eigenvalue weighted by Crippen LogP contribution is -2.30. The van der Waals surface area contributed by atoms with Crippen molar-refractivity contribution >= 4 is 17.9 Å². The lowest BCUT2D eigenvalue weighted by Gasteiger charge is -2.18. The van der Waals surface area contributed by atoms with Gasteiger partial charge in [-0.15, -0.1) is 0 Å². The van der Waals surface area contributed by atoms with Crippen molar-refractivity contribution in [2.45, 2.75) is 258 Å². The van der Waals surface area contributed by atoms with E-state index in [-0.39, 0.29) is 31.1 Å². The third-order valence-electron chi connectivity index (χ3n) is 11.1. The number of hydrogen-bond donors (Lipinski definition) is 0. The number of allylic oxidation sites excluding steroid dienone is 12. The van der Waals surface area contributed by atoms with Gasteiger partial charge in [0.25, 0.3) is 0 Å². The number of unbranched alkanes of at least 4 members (excludes halogenated alkanes) is 24. The van der Waals surface area contributed by atoms with E-state index in [1.54, 1.807) is 0 Å². The van der Waals surface area contributed by atoms with Crippen LogP contribution in [0.4, 0.5) is 0 Å². The molecule has 6 nitrogen and oxygen atoms in total. The summed E-state index contributed by atoms with van der Waals surface area (Å²) in [6.45, 7) is 6.49. The van der Waals surface area contributed by atoms with Gasteiger partial charge in [0.1, 0.15) is 13.2 Å². The maximum Gasteiger partial charge on any atom is 0.306 e. The van der Waals surface area contributed by atoms with Gasteiger partial charge in [-0.1, -0.05) is 203 Å². The van der Waals surface area contributed by atoms with E-state index < -0.39 is 6.10 Å². The Morgan fingerprint density at radius 1 is 0.317 bits per heavy atom. The van der Waals surface area contributed by atoms with Crippen molar-refractivity contribution in [3.63, 3.8) is 0 Å². The summed E-state index contributed by atoms with van der Waals surface area (Å²) in [5, 5.41) is 0. The molecule has 0 aliphatic rings. The molecule has 0 aromatic heterocycles. The molecule has 0 N–H and O–H groups in total. The molecule has 63 heavy (non-hydrogen) atoms. The highest BCUT2D eigenvalue weighted by molar-refractivity contribution is 5.71. The number of ether oxygens (including phenoxy) is 3. The molecule has 0 radical (unpaired) electrons. The van der Waals surface area contributed by atoms with Crippen molar-refractivity contribution in [1.82, 2.24) is 0 Å². The van der Waals surface area contributed by atoms with E-state index in [9.17, 15) is 14.4 Å². The van der Waals surface area contributed by atoms with Gasteiger partial charge in [0.05, 0.1) is 0 Å². The number of carbonyl (C=O) groups excluding carboxylic acids is 3. The van der Waals surface area contributed by atoms with Crippen LogP contribution in [0.1, 0.15) is 252 Å². The molecule has 0 aromatic carbocycles. The summed E-state index contributed by atoms with van der Waals surface area (Å²) in [6, 6.07) is 0. The number of carbonyl (C=O) groups is 3. The van der Waals surface area contributed by atoms with E-state index in [2.05, 4.69) is 93.7 Å². The Morgan fingerprint density at radius 3 is 1.02 bits per heavy atom. The van der Waals surface area contributed by atoms with Crippen LogP contribution < -0.4 is 0 Å². The second kappa shape index (κ2) is 51.5. The minimum atomic E-state index is -0.790. The number of esters is 3. The van der Waals surface area contributed by atoms with Gasteiger partial charge in [-0.3, -0.25) is 14.4 Å². The Morgan fingerprint density at radius 2 is 0.619 bits per heavy atom. The smallest absolute Gasteiger partial charge is 0.306 e. The summed E-state index contributed by atoms with van der Waals surface area (Å²) in [7, 11) is 0. The van der Waals surface area contributed by atoms with Crippen LogP contribution in [0.2, 0.25) is 0 Å². The van der Waals surface area contributed by atoms with E-state index in [0.717, 1.165) is 116 Å². The molecule has 0 fully saturated rings. The quantitative estimate of drug-likeness (QED) is 0.0262. The predicted octanol–water partition coefficient (Wildman–Crippen LogP) is 17.4. The highest BCUT2D eigenvalue weighted by atomic mass is 16.6. The van der Waals surface area contributed by atoms with Crippen molar-refractivity contribution in [3.8, 4) is 0 Å². The van der Waals surface area contributed by atoms with Gasteiger partial charge in [-0.2, -0.15) is 0 Å². The van der Waals surface area contributed by atoms with E-state index in [4.69, 9.17) is 14.2 Å². The highest BCUT2D eigenvalue weighted by Gasteiger charge is 2.19. The fourth-order valence-corrected chi connectivity index (χ4v) is 7.11. The molecule has 0 aliphatic carbocycles. The minimum absolute atomic E-state index is 0.0903. The van der Waals surface area contributed by atoms with Crippen LogP contribution in [-0.4, -0.2) is 37.2 Å². The van der Waals surface area contributed by atoms with Crippen LogP contribution in [0, 0.1) is 0 Å². The topological polar surface area (TPSA) is 78.9 Å². The maximum atomic E-state index is 12.8. The zero-order valence-electron chi connectivity index (χ0n) is 41.3. The monoisotopic (exact) mass is 879 g/mol. The van der Waals surface area contributed by atoms with Gasteiger partial charge in [0, 0.05) is 19.3 Å². The maximum absolute atomic E-state index is 12.8. The van der Waals surface area contributed by atoms with Crippen LogP contribution in [-0.2, 0) is 28.6 Å². The lowest BCUT2D eigenvalue weighted by atomic mass is 10.1. The zero-order valence-corrected chi connectivity index (χ0v) is 41.3. The molecule has 0 saturated heterocycles. The molecule has 0 bridgehead atoms. The van der Waals surface area contributed by atoms with Gasteiger partial charge in [0.15, 0.2) is 6.10 Å². The van der Waals surface area contributed by atoms with Crippen LogP contribution in [0.15, 0.2) is 72.9 Å². The second-order valence-electron chi connectivity index (χ2n) is 17.4. The van der Waals surface area contributed by atoms with Crippen molar-refractivity contribution in [1.29, 1.82) is 0 Å². The summed E-state index contributed by atoms with van der Waals surface area (Å²) in [5.41, 5.74) is 0.